The molecule has 1 aliphatic rings. The Hall–Kier alpha value is -1.84. The SMILES string of the molecule is CCC(C)C1NC(=O)c2ccccc2N(CC)C1=O. The summed E-state index contributed by atoms with van der Waals surface area (Å²) >= 11 is 0. The van der Waals surface area contributed by atoms with Gasteiger partial charge in [0.05, 0.1) is 11.3 Å². The van der Waals surface area contributed by atoms with Gasteiger partial charge in [0.15, 0.2) is 0 Å². The Morgan fingerprint density at radius 3 is 2.58 bits per heavy atom. The van der Waals surface area contributed by atoms with E-state index in [4.69, 9.17) is 0 Å². The molecular formula is C15H20N2O2. The second kappa shape index (κ2) is 5.43. The summed E-state index contributed by atoms with van der Waals surface area (Å²) in [6, 6.07) is 6.82. The van der Waals surface area contributed by atoms with Crippen LogP contribution in [0.2, 0.25) is 0 Å². The van der Waals surface area contributed by atoms with Gasteiger partial charge in [-0.15, -0.1) is 0 Å². The Bertz CT molecular complexity index is 499. The lowest BCUT2D eigenvalue weighted by Gasteiger charge is -2.26. The summed E-state index contributed by atoms with van der Waals surface area (Å²) < 4.78 is 0. The van der Waals surface area contributed by atoms with Crippen LogP contribution in [0.1, 0.15) is 37.6 Å². The number of benzene rings is 1. The molecule has 2 rings (SSSR count). The maximum absolute atomic E-state index is 12.6. The van der Waals surface area contributed by atoms with Gasteiger partial charge >= 0.3 is 0 Å². The van der Waals surface area contributed by atoms with E-state index in [-0.39, 0.29) is 17.7 Å². The Morgan fingerprint density at radius 1 is 1.26 bits per heavy atom. The highest BCUT2D eigenvalue weighted by Gasteiger charge is 2.35. The van der Waals surface area contributed by atoms with Gasteiger partial charge in [-0.1, -0.05) is 32.4 Å². The van der Waals surface area contributed by atoms with Gasteiger partial charge in [0.2, 0.25) is 5.91 Å². The van der Waals surface area contributed by atoms with Crippen LogP contribution in [0.5, 0.6) is 0 Å². The second-order valence-corrected chi connectivity index (χ2v) is 4.94. The van der Waals surface area contributed by atoms with Gasteiger partial charge in [0.25, 0.3) is 5.91 Å². The molecule has 1 aliphatic heterocycles. The molecule has 2 atom stereocenters. The Labute approximate surface area is 113 Å². The Morgan fingerprint density at radius 2 is 1.95 bits per heavy atom. The first kappa shape index (κ1) is 13.6. The van der Waals surface area contributed by atoms with Gasteiger partial charge in [0, 0.05) is 6.54 Å². The molecule has 0 bridgehead atoms. The van der Waals surface area contributed by atoms with Crippen molar-refractivity contribution in [2.45, 2.75) is 33.2 Å². The topological polar surface area (TPSA) is 49.4 Å². The molecule has 0 aliphatic carbocycles. The van der Waals surface area contributed by atoms with E-state index in [1.807, 2.05) is 39.0 Å². The molecule has 0 saturated heterocycles. The van der Waals surface area contributed by atoms with Crippen LogP contribution in [0.3, 0.4) is 0 Å². The van der Waals surface area contributed by atoms with Crippen LogP contribution in [0.25, 0.3) is 0 Å². The van der Waals surface area contributed by atoms with Gasteiger partial charge < -0.3 is 10.2 Å². The number of nitrogens with zero attached hydrogens (tertiary/aromatic N) is 1. The smallest absolute Gasteiger partial charge is 0.254 e. The first-order valence-electron chi connectivity index (χ1n) is 6.81. The molecule has 0 aromatic heterocycles. The largest absolute Gasteiger partial charge is 0.340 e. The van der Waals surface area contributed by atoms with Crippen LogP contribution in [-0.2, 0) is 4.79 Å². The zero-order valence-corrected chi connectivity index (χ0v) is 11.6. The standard InChI is InChI=1S/C15H20N2O2/c1-4-10(3)13-15(19)17(5-2)12-9-7-6-8-11(12)14(18)16-13/h6-10,13H,4-5H2,1-3H3,(H,16,18). The Balaban J connectivity index is 2.48. The Kier molecular flexibility index (Phi) is 3.88. The maximum Gasteiger partial charge on any atom is 0.254 e. The number of amides is 2. The fourth-order valence-electron chi connectivity index (χ4n) is 2.42. The molecule has 4 heteroatoms. The summed E-state index contributed by atoms with van der Waals surface area (Å²) in [7, 11) is 0. The summed E-state index contributed by atoms with van der Waals surface area (Å²) in [5, 5.41) is 2.87. The van der Waals surface area contributed by atoms with Gasteiger partial charge in [-0.3, -0.25) is 9.59 Å². The summed E-state index contributed by atoms with van der Waals surface area (Å²) in [6.45, 7) is 6.51. The monoisotopic (exact) mass is 260 g/mol. The van der Waals surface area contributed by atoms with Crippen molar-refractivity contribution in [2.75, 3.05) is 11.4 Å². The number of anilines is 1. The number of carbonyl (C=O) groups excluding carboxylic acids is 2. The molecule has 0 saturated carbocycles. The van der Waals surface area contributed by atoms with Gasteiger partial charge in [0.1, 0.15) is 6.04 Å². The number of hydrogen-bond donors (Lipinski definition) is 1. The summed E-state index contributed by atoms with van der Waals surface area (Å²) in [4.78, 5) is 26.5. The van der Waals surface area contributed by atoms with Crippen molar-refractivity contribution < 1.29 is 9.59 Å². The molecule has 1 heterocycles. The van der Waals surface area contributed by atoms with Crippen molar-refractivity contribution in [1.29, 1.82) is 0 Å². The molecule has 1 N–H and O–H groups in total. The highest BCUT2D eigenvalue weighted by Crippen LogP contribution is 2.26. The van der Waals surface area contributed by atoms with Crippen LogP contribution in [0, 0.1) is 5.92 Å². The summed E-state index contributed by atoms with van der Waals surface area (Å²) in [6.07, 6.45) is 0.852. The zero-order valence-electron chi connectivity index (χ0n) is 11.6. The maximum atomic E-state index is 12.6. The number of para-hydroxylation sites is 1. The number of likely N-dealkylation sites (N-methyl/N-ethyl adjacent to an activating group) is 1. The van der Waals surface area contributed by atoms with Crippen LogP contribution < -0.4 is 10.2 Å². The number of rotatable bonds is 3. The van der Waals surface area contributed by atoms with E-state index in [0.29, 0.717) is 17.8 Å². The predicted molar refractivity (Wildman–Crippen MR) is 75.2 cm³/mol. The zero-order chi connectivity index (χ0) is 14.0. The van der Waals surface area contributed by atoms with E-state index >= 15 is 0 Å². The molecule has 102 valence electrons. The first-order valence-corrected chi connectivity index (χ1v) is 6.81. The molecule has 1 aromatic carbocycles. The minimum absolute atomic E-state index is 0.0184. The lowest BCUT2D eigenvalue weighted by atomic mass is 9.98. The van der Waals surface area contributed by atoms with E-state index < -0.39 is 6.04 Å². The fraction of sp³-hybridized carbons (Fsp3) is 0.467. The van der Waals surface area contributed by atoms with Gasteiger partial charge in [-0.05, 0) is 25.0 Å². The molecule has 2 unspecified atom stereocenters. The normalized spacial score (nSPS) is 20.6. The van der Waals surface area contributed by atoms with Crippen molar-refractivity contribution in [3.05, 3.63) is 29.8 Å². The van der Waals surface area contributed by atoms with Crippen LogP contribution in [0.15, 0.2) is 24.3 Å². The quantitative estimate of drug-likeness (QED) is 0.905. The molecule has 0 fully saturated rings. The van der Waals surface area contributed by atoms with Crippen LogP contribution in [0.4, 0.5) is 5.69 Å². The van der Waals surface area contributed by atoms with E-state index in [2.05, 4.69) is 5.32 Å². The lowest BCUT2D eigenvalue weighted by molar-refractivity contribution is -0.121. The number of fused-ring (bicyclic) bond motifs is 1. The average Bonchev–Trinajstić information content (AvgIpc) is 2.54. The van der Waals surface area contributed by atoms with Crippen LogP contribution >= 0.6 is 0 Å². The van der Waals surface area contributed by atoms with Crippen molar-refractivity contribution in [2.24, 2.45) is 5.92 Å². The molecule has 0 spiro atoms. The highest BCUT2D eigenvalue weighted by molar-refractivity contribution is 6.11. The van der Waals surface area contributed by atoms with Gasteiger partial charge in [-0.25, -0.2) is 0 Å². The summed E-state index contributed by atoms with van der Waals surface area (Å²) in [5.74, 6) is -0.0554. The number of nitrogens with one attached hydrogen (secondary N) is 1. The van der Waals surface area contributed by atoms with Crippen molar-refractivity contribution in [3.8, 4) is 0 Å². The minimum atomic E-state index is -0.440. The first-order chi connectivity index (χ1) is 9.10. The highest BCUT2D eigenvalue weighted by atomic mass is 16.2. The minimum Gasteiger partial charge on any atom is -0.340 e. The number of carbonyl (C=O) groups is 2. The van der Waals surface area contributed by atoms with E-state index in [9.17, 15) is 9.59 Å². The van der Waals surface area contributed by atoms with Crippen molar-refractivity contribution in [3.63, 3.8) is 0 Å². The molecule has 19 heavy (non-hydrogen) atoms. The average molecular weight is 260 g/mol. The lowest BCUT2D eigenvalue weighted by Crippen LogP contribution is -2.49. The van der Waals surface area contributed by atoms with Crippen molar-refractivity contribution >= 4 is 17.5 Å². The third-order valence-electron chi connectivity index (χ3n) is 3.79. The second-order valence-electron chi connectivity index (χ2n) is 4.94. The van der Waals surface area contributed by atoms with E-state index in [1.54, 1.807) is 11.0 Å². The summed E-state index contributed by atoms with van der Waals surface area (Å²) in [5.41, 5.74) is 1.28. The predicted octanol–water partition coefficient (Wildman–Crippen LogP) is 2.20. The fourth-order valence-corrected chi connectivity index (χ4v) is 2.42. The van der Waals surface area contributed by atoms with E-state index in [1.165, 1.54) is 0 Å². The molecular weight excluding hydrogens is 240 g/mol. The molecule has 1 aromatic rings. The van der Waals surface area contributed by atoms with Crippen molar-refractivity contribution in [1.82, 2.24) is 5.32 Å². The van der Waals surface area contributed by atoms with Crippen LogP contribution in [-0.4, -0.2) is 24.4 Å². The molecule has 4 nitrogen and oxygen atoms in total. The molecule has 0 radical (unpaired) electrons. The van der Waals surface area contributed by atoms with E-state index in [0.717, 1.165) is 6.42 Å². The third-order valence-corrected chi connectivity index (χ3v) is 3.79. The van der Waals surface area contributed by atoms with Gasteiger partial charge in [-0.2, -0.15) is 0 Å². The molecule has 2 amide bonds. The number of hydrogen-bond acceptors (Lipinski definition) is 2. The third kappa shape index (κ3) is 2.35.